The topological polar surface area (TPSA) is 50.2 Å². The molecule has 23 heavy (non-hydrogen) atoms. The van der Waals surface area contributed by atoms with Crippen LogP contribution in [0, 0.1) is 0 Å². The molecule has 2 unspecified atom stereocenters. The van der Waals surface area contributed by atoms with E-state index in [1.54, 1.807) is 0 Å². The van der Waals surface area contributed by atoms with Gasteiger partial charge in [-0.3, -0.25) is 9.69 Å². The monoisotopic (exact) mass is 312 g/mol. The maximum atomic E-state index is 12.9. The molecule has 5 nitrogen and oxygen atoms in total. The standard InChI is InChI=1S/C18H24N4O/c1-3-21(2)17(14-7-5-4-6-8-14)18(23)20-15-9-10-16-19-11-12-22(16)13-15/h4-8,11-12,15,17H,3,9-10,13H2,1-2H3,(H,20,23). The number of aromatic nitrogens is 2. The molecule has 122 valence electrons. The first-order valence-corrected chi connectivity index (χ1v) is 8.24. The zero-order valence-corrected chi connectivity index (χ0v) is 13.8. The molecule has 2 atom stereocenters. The molecule has 3 rings (SSSR count). The van der Waals surface area contributed by atoms with Gasteiger partial charge in [0.2, 0.25) is 5.91 Å². The molecule has 1 aromatic heterocycles. The van der Waals surface area contributed by atoms with Crippen LogP contribution in [0.15, 0.2) is 42.7 Å². The number of likely N-dealkylation sites (N-methyl/N-ethyl adjacent to an activating group) is 1. The second-order valence-electron chi connectivity index (χ2n) is 6.13. The summed E-state index contributed by atoms with van der Waals surface area (Å²) < 4.78 is 2.13. The van der Waals surface area contributed by atoms with Crippen LogP contribution < -0.4 is 5.32 Å². The van der Waals surface area contributed by atoms with Crippen molar-refractivity contribution in [1.82, 2.24) is 19.8 Å². The van der Waals surface area contributed by atoms with Crippen molar-refractivity contribution in [3.8, 4) is 0 Å². The fourth-order valence-electron chi connectivity index (χ4n) is 3.19. The number of benzene rings is 1. The lowest BCUT2D eigenvalue weighted by Gasteiger charge is -2.30. The van der Waals surface area contributed by atoms with E-state index >= 15 is 0 Å². The Labute approximate surface area is 137 Å². The lowest BCUT2D eigenvalue weighted by atomic mass is 10.0. The van der Waals surface area contributed by atoms with Crippen molar-refractivity contribution in [2.45, 2.75) is 38.4 Å². The predicted octanol–water partition coefficient (Wildman–Crippen LogP) is 2.01. The van der Waals surface area contributed by atoms with E-state index in [1.165, 1.54) is 0 Å². The van der Waals surface area contributed by atoms with Crippen LogP contribution in [-0.4, -0.2) is 40.0 Å². The summed E-state index contributed by atoms with van der Waals surface area (Å²) in [7, 11) is 1.99. The number of hydrogen-bond donors (Lipinski definition) is 1. The van der Waals surface area contributed by atoms with Gasteiger partial charge in [-0.1, -0.05) is 37.3 Å². The van der Waals surface area contributed by atoms with Crippen LogP contribution in [0.3, 0.4) is 0 Å². The fraction of sp³-hybridized carbons (Fsp3) is 0.444. The van der Waals surface area contributed by atoms with Crippen LogP contribution >= 0.6 is 0 Å². The van der Waals surface area contributed by atoms with Crippen LogP contribution in [0.2, 0.25) is 0 Å². The van der Waals surface area contributed by atoms with Crippen molar-refractivity contribution in [3.05, 3.63) is 54.1 Å². The highest BCUT2D eigenvalue weighted by Crippen LogP contribution is 2.21. The van der Waals surface area contributed by atoms with Crippen molar-refractivity contribution in [2.75, 3.05) is 13.6 Å². The summed E-state index contributed by atoms with van der Waals surface area (Å²) in [6, 6.07) is 9.91. The molecule has 0 radical (unpaired) electrons. The maximum absolute atomic E-state index is 12.9. The van der Waals surface area contributed by atoms with Crippen molar-refractivity contribution >= 4 is 5.91 Å². The second-order valence-corrected chi connectivity index (χ2v) is 6.13. The number of aryl methyl sites for hydroxylation is 1. The Bertz CT molecular complexity index is 652. The molecule has 0 spiro atoms. The average Bonchev–Trinajstić information content (AvgIpc) is 3.03. The molecule has 0 bridgehead atoms. The normalized spacial score (nSPS) is 18.5. The van der Waals surface area contributed by atoms with E-state index < -0.39 is 0 Å². The maximum Gasteiger partial charge on any atom is 0.242 e. The third-order valence-corrected chi connectivity index (χ3v) is 4.58. The van der Waals surface area contributed by atoms with Crippen LogP contribution in [-0.2, 0) is 17.8 Å². The number of carbonyl (C=O) groups is 1. The first-order valence-electron chi connectivity index (χ1n) is 8.24. The lowest BCUT2D eigenvalue weighted by molar-refractivity contribution is -0.127. The first kappa shape index (κ1) is 15.7. The van der Waals surface area contributed by atoms with E-state index in [4.69, 9.17) is 0 Å². The van der Waals surface area contributed by atoms with Gasteiger partial charge in [0, 0.05) is 31.4 Å². The number of fused-ring (bicyclic) bond motifs is 1. The molecule has 1 aliphatic heterocycles. The molecule has 1 N–H and O–H groups in total. The Morgan fingerprint density at radius 3 is 2.96 bits per heavy atom. The van der Waals surface area contributed by atoms with Crippen LogP contribution in [0.5, 0.6) is 0 Å². The summed E-state index contributed by atoms with van der Waals surface area (Å²) in [5.74, 6) is 1.19. The van der Waals surface area contributed by atoms with E-state index in [2.05, 4.69) is 26.7 Å². The van der Waals surface area contributed by atoms with E-state index in [9.17, 15) is 4.79 Å². The van der Waals surface area contributed by atoms with Gasteiger partial charge in [-0.15, -0.1) is 0 Å². The van der Waals surface area contributed by atoms with Gasteiger partial charge in [0.25, 0.3) is 0 Å². The van der Waals surface area contributed by atoms with Gasteiger partial charge in [-0.2, -0.15) is 0 Å². The molecule has 0 aliphatic carbocycles. The van der Waals surface area contributed by atoms with Gasteiger partial charge in [0.15, 0.2) is 0 Å². The Balaban J connectivity index is 1.72. The number of nitrogens with zero attached hydrogens (tertiary/aromatic N) is 3. The highest BCUT2D eigenvalue weighted by atomic mass is 16.2. The Morgan fingerprint density at radius 1 is 1.43 bits per heavy atom. The molecule has 0 fully saturated rings. The number of rotatable bonds is 5. The summed E-state index contributed by atoms with van der Waals surface area (Å²) in [5.41, 5.74) is 1.04. The molecule has 2 aromatic rings. The minimum Gasteiger partial charge on any atom is -0.350 e. The van der Waals surface area contributed by atoms with Crippen molar-refractivity contribution in [3.63, 3.8) is 0 Å². The molecule has 5 heteroatoms. The van der Waals surface area contributed by atoms with Gasteiger partial charge in [-0.05, 0) is 25.6 Å². The summed E-state index contributed by atoms with van der Waals surface area (Å²) >= 11 is 0. The smallest absolute Gasteiger partial charge is 0.242 e. The van der Waals surface area contributed by atoms with Crippen molar-refractivity contribution in [2.24, 2.45) is 0 Å². The zero-order chi connectivity index (χ0) is 16.2. The van der Waals surface area contributed by atoms with Gasteiger partial charge in [-0.25, -0.2) is 4.98 Å². The lowest BCUT2D eigenvalue weighted by Crippen LogP contribution is -2.46. The molecule has 2 heterocycles. The van der Waals surface area contributed by atoms with E-state index in [0.717, 1.165) is 37.3 Å². The first-order chi connectivity index (χ1) is 11.2. The highest BCUT2D eigenvalue weighted by Gasteiger charge is 2.27. The third-order valence-electron chi connectivity index (χ3n) is 4.58. The molecule has 1 amide bonds. The van der Waals surface area contributed by atoms with Crippen LogP contribution in [0.4, 0.5) is 0 Å². The number of hydrogen-bond acceptors (Lipinski definition) is 3. The van der Waals surface area contributed by atoms with Crippen LogP contribution in [0.25, 0.3) is 0 Å². The molecular weight excluding hydrogens is 288 g/mol. The number of nitrogens with one attached hydrogen (secondary N) is 1. The SMILES string of the molecule is CCN(C)C(C(=O)NC1CCc2nccn2C1)c1ccccc1. The summed E-state index contributed by atoms with van der Waals surface area (Å²) in [5, 5.41) is 3.23. The minimum absolute atomic E-state index is 0.0779. The number of carbonyl (C=O) groups excluding carboxylic acids is 1. The Kier molecular flexibility index (Phi) is 4.76. The van der Waals surface area contributed by atoms with E-state index in [0.29, 0.717) is 0 Å². The predicted molar refractivity (Wildman–Crippen MR) is 90.0 cm³/mol. The van der Waals surface area contributed by atoms with Crippen molar-refractivity contribution < 1.29 is 4.79 Å². The summed E-state index contributed by atoms with van der Waals surface area (Å²) in [4.78, 5) is 19.3. The molecule has 0 saturated carbocycles. The van der Waals surface area contributed by atoms with Gasteiger partial charge < -0.3 is 9.88 Å². The summed E-state index contributed by atoms with van der Waals surface area (Å²) in [6.45, 7) is 3.70. The second kappa shape index (κ2) is 6.96. The van der Waals surface area contributed by atoms with Gasteiger partial charge in [0.05, 0.1) is 0 Å². The fourth-order valence-corrected chi connectivity index (χ4v) is 3.19. The Hall–Kier alpha value is -2.14. The van der Waals surface area contributed by atoms with E-state index in [-0.39, 0.29) is 18.0 Å². The molecule has 1 aromatic carbocycles. The zero-order valence-electron chi connectivity index (χ0n) is 13.8. The molecule has 1 aliphatic rings. The Morgan fingerprint density at radius 2 is 2.22 bits per heavy atom. The van der Waals surface area contributed by atoms with Gasteiger partial charge in [0.1, 0.15) is 11.9 Å². The number of imidazole rings is 1. The third kappa shape index (κ3) is 3.45. The largest absolute Gasteiger partial charge is 0.350 e. The van der Waals surface area contributed by atoms with Crippen LogP contribution in [0.1, 0.15) is 30.8 Å². The molecular formula is C18H24N4O. The minimum atomic E-state index is -0.245. The van der Waals surface area contributed by atoms with Gasteiger partial charge >= 0.3 is 0 Å². The number of amides is 1. The van der Waals surface area contributed by atoms with E-state index in [1.807, 2.05) is 49.8 Å². The summed E-state index contributed by atoms with van der Waals surface area (Å²) in [6.07, 6.45) is 5.68. The van der Waals surface area contributed by atoms with Crippen molar-refractivity contribution in [1.29, 1.82) is 0 Å². The average molecular weight is 312 g/mol. The quantitative estimate of drug-likeness (QED) is 0.919. The highest BCUT2D eigenvalue weighted by molar-refractivity contribution is 5.83. The molecule has 0 saturated heterocycles.